The lowest BCUT2D eigenvalue weighted by Crippen LogP contribution is -2.09. The first-order chi connectivity index (χ1) is 13.2. The molecular formula is C17H19Cl2O6PS2. The van der Waals surface area contributed by atoms with Gasteiger partial charge in [0.25, 0.3) is 0 Å². The Morgan fingerprint density at radius 1 is 1.04 bits per heavy atom. The Balaban J connectivity index is 2.22. The molecule has 0 N–H and O–H groups in total. The quantitative estimate of drug-likeness (QED) is 0.284. The van der Waals surface area contributed by atoms with E-state index in [9.17, 15) is 13.0 Å². The van der Waals surface area contributed by atoms with E-state index < -0.39 is 16.9 Å². The first-order valence-electron chi connectivity index (χ1n) is 8.27. The normalized spacial score (nSPS) is 13.7. The van der Waals surface area contributed by atoms with Gasteiger partial charge in [-0.15, -0.1) is 0 Å². The van der Waals surface area contributed by atoms with E-state index in [1.54, 1.807) is 6.92 Å². The van der Waals surface area contributed by atoms with Gasteiger partial charge < -0.3 is 8.71 Å². The molecule has 1 unspecified atom stereocenters. The fourth-order valence-corrected chi connectivity index (χ4v) is 6.73. The summed E-state index contributed by atoms with van der Waals surface area (Å²) < 4.78 is 53.6. The topological polar surface area (TPSA) is 78.9 Å². The summed E-state index contributed by atoms with van der Waals surface area (Å²) in [5.41, 5.74) is 0. The summed E-state index contributed by atoms with van der Waals surface area (Å²) in [6.07, 6.45) is 0.802. The Hall–Kier alpha value is -0.890. The largest absolute Gasteiger partial charge is 0.440 e. The minimum atomic E-state index is -4.14. The van der Waals surface area contributed by atoms with Crippen molar-refractivity contribution < 1.29 is 26.2 Å². The molecule has 154 valence electrons. The van der Waals surface area contributed by atoms with E-state index in [2.05, 4.69) is 0 Å². The number of hydrogen-bond donors (Lipinski definition) is 0. The van der Waals surface area contributed by atoms with E-state index in [-0.39, 0.29) is 33.0 Å². The van der Waals surface area contributed by atoms with Crippen molar-refractivity contribution in [2.75, 3.05) is 12.4 Å². The molecule has 0 radical (unpaired) electrons. The molecule has 2 aromatic carbocycles. The smallest absolute Gasteiger partial charge is 0.417 e. The van der Waals surface area contributed by atoms with Gasteiger partial charge in [0.1, 0.15) is 16.4 Å². The van der Waals surface area contributed by atoms with E-state index in [1.807, 2.05) is 6.92 Å². The van der Waals surface area contributed by atoms with Crippen LogP contribution in [0.3, 0.4) is 0 Å². The standard InChI is InChI=1S/C17H19Cl2O6PS2/c1-3-10-27-26(20,23-4-2)24-13-6-5-7-14(11-13)25-28(21,22)15-8-9-16(18)17(19)12-15/h5-9,11-12H,3-4,10H2,1-2H3. The fraction of sp³-hybridized carbons (Fsp3) is 0.294. The third kappa shape index (κ3) is 6.58. The molecule has 6 nitrogen and oxygen atoms in total. The van der Waals surface area contributed by atoms with Crippen molar-refractivity contribution in [2.45, 2.75) is 25.2 Å². The molecule has 2 aromatic rings. The number of benzene rings is 2. The van der Waals surface area contributed by atoms with E-state index in [0.717, 1.165) is 17.8 Å². The molecule has 0 aliphatic heterocycles. The van der Waals surface area contributed by atoms with Crippen molar-refractivity contribution in [3.63, 3.8) is 0 Å². The summed E-state index contributed by atoms with van der Waals surface area (Å²) in [6.45, 7) is 0.463. The van der Waals surface area contributed by atoms with Gasteiger partial charge in [0.05, 0.1) is 16.7 Å². The molecule has 0 spiro atoms. The van der Waals surface area contributed by atoms with Gasteiger partial charge in [-0.25, -0.2) is 4.57 Å². The van der Waals surface area contributed by atoms with Crippen LogP contribution in [-0.2, 0) is 19.2 Å². The zero-order valence-electron chi connectivity index (χ0n) is 15.1. The van der Waals surface area contributed by atoms with Crippen LogP contribution >= 0.6 is 41.4 Å². The Kier molecular flexibility index (Phi) is 8.55. The Morgan fingerprint density at radius 2 is 1.75 bits per heavy atom. The molecule has 0 aromatic heterocycles. The molecule has 0 saturated heterocycles. The second kappa shape index (κ2) is 10.2. The summed E-state index contributed by atoms with van der Waals surface area (Å²) in [5.74, 6) is 0.758. The van der Waals surface area contributed by atoms with Gasteiger partial charge >= 0.3 is 16.9 Å². The summed E-state index contributed by atoms with van der Waals surface area (Å²) in [5, 5.41) is 0.321. The van der Waals surface area contributed by atoms with Crippen LogP contribution in [0.15, 0.2) is 47.4 Å². The SMILES string of the molecule is CCCSP(=O)(OCC)Oc1cccc(OS(=O)(=O)c2ccc(Cl)c(Cl)c2)c1. The third-order valence-electron chi connectivity index (χ3n) is 3.15. The van der Waals surface area contributed by atoms with Crippen LogP contribution in [-0.4, -0.2) is 20.8 Å². The Bertz CT molecular complexity index is 968. The van der Waals surface area contributed by atoms with Crippen molar-refractivity contribution in [1.29, 1.82) is 0 Å². The van der Waals surface area contributed by atoms with E-state index in [1.165, 1.54) is 42.5 Å². The monoisotopic (exact) mass is 484 g/mol. The highest BCUT2D eigenvalue weighted by Gasteiger charge is 2.27. The van der Waals surface area contributed by atoms with E-state index in [4.69, 9.17) is 36.4 Å². The van der Waals surface area contributed by atoms with Gasteiger partial charge in [-0.2, -0.15) is 8.42 Å². The summed E-state index contributed by atoms with van der Waals surface area (Å²) in [7, 11) is -4.14. The summed E-state index contributed by atoms with van der Waals surface area (Å²) >= 11 is 12.8. The van der Waals surface area contributed by atoms with Crippen LogP contribution in [0.5, 0.6) is 11.5 Å². The molecule has 0 saturated carbocycles. The van der Waals surface area contributed by atoms with Crippen molar-refractivity contribution in [3.8, 4) is 11.5 Å². The second-order valence-corrected chi connectivity index (χ2v) is 11.9. The molecule has 0 fully saturated rings. The highest BCUT2D eigenvalue weighted by molar-refractivity contribution is 8.55. The molecule has 1 atom stereocenters. The van der Waals surface area contributed by atoms with Crippen LogP contribution in [0.1, 0.15) is 20.3 Å². The van der Waals surface area contributed by atoms with Gasteiger partial charge in [0.15, 0.2) is 0 Å². The van der Waals surface area contributed by atoms with Crippen LogP contribution < -0.4 is 8.71 Å². The van der Waals surface area contributed by atoms with Crippen LogP contribution in [0, 0.1) is 0 Å². The highest BCUT2D eigenvalue weighted by Crippen LogP contribution is 2.60. The molecule has 0 aliphatic rings. The predicted molar refractivity (Wildman–Crippen MR) is 113 cm³/mol. The predicted octanol–water partition coefficient (Wildman–Crippen LogP) is 6.43. The maximum Gasteiger partial charge on any atom is 0.440 e. The van der Waals surface area contributed by atoms with Crippen LogP contribution in [0.4, 0.5) is 0 Å². The van der Waals surface area contributed by atoms with Gasteiger partial charge in [0.2, 0.25) is 0 Å². The van der Waals surface area contributed by atoms with Crippen molar-refractivity contribution >= 4 is 51.5 Å². The van der Waals surface area contributed by atoms with Crippen LogP contribution in [0.25, 0.3) is 0 Å². The molecule has 0 heterocycles. The van der Waals surface area contributed by atoms with Crippen LogP contribution in [0.2, 0.25) is 10.0 Å². The maximum absolute atomic E-state index is 12.8. The molecular weight excluding hydrogens is 466 g/mol. The summed E-state index contributed by atoms with van der Waals surface area (Å²) in [6, 6.07) is 9.67. The number of rotatable bonds is 10. The third-order valence-corrected chi connectivity index (χ3v) is 9.08. The average molecular weight is 485 g/mol. The number of halogens is 2. The summed E-state index contributed by atoms with van der Waals surface area (Å²) in [4.78, 5) is -0.147. The van der Waals surface area contributed by atoms with E-state index in [0.29, 0.717) is 5.75 Å². The average Bonchev–Trinajstić information content (AvgIpc) is 2.62. The van der Waals surface area contributed by atoms with E-state index >= 15 is 0 Å². The maximum atomic E-state index is 12.8. The lowest BCUT2D eigenvalue weighted by Gasteiger charge is -2.17. The minimum Gasteiger partial charge on any atom is -0.417 e. The fourth-order valence-electron chi connectivity index (χ4n) is 1.97. The number of hydrogen-bond acceptors (Lipinski definition) is 7. The molecule has 0 bridgehead atoms. The zero-order valence-corrected chi connectivity index (χ0v) is 19.2. The molecule has 11 heteroatoms. The molecule has 0 aliphatic carbocycles. The van der Waals surface area contributed by atoms with Gasteiger partial charge in [0, 0.05) is 11.8 Å². The van der Waals surface area contributed by atoms with Gasteiger partial charge in [-0.3, -0.25) is 4.52 Å². The first kappa shape index (κ1) is 23.4. The minimum absolute atomic E-state index is 0.00730. The van der Waals surface area contributed by atoms with Gasteiger partial charge in [-0.05, 0) is 55.1 Å². The highest BCUT2D eigenvalue weighted by atomic mass is 35.5. The van der Waals surface area contributed by atoms with Gasteiger partial charge in [-0.1, -0.05) is 36.2 Å². The lowest BCUT2D eigenvalue weighted by molar-refractivity contribution is 0.296. The lowest BCUT2D eigenvalue weighted by atomic mass is 10.3. The molecule has 2 rings (SSSR count). The zero-order chi connectivity index (χ0) is 20.8. The molecule has 0 amide bonds. The van der Waals surface area contributed by atoms with Crippen molar-refractivity contribution in [2.24, 2.45) is 0 Å². The Labute approximate surface area is 178 Å². The van der Waals surface area contributed by atoms with Crippen molar-refractivity contribution in [3.05, 3.63) is 52.5 Å². The first-order valence-corrected chi connectivity index (χ1v) is 13.6. The molecule has 28 heavy (non-hydrogen) atoms. The second-order valence-electron chi connectivity index (χ2n) is 5.38. The Morgan fingerprint density at radius 3 is 2.39 bits per heavy atom. The van der Waals surface area contributed by atoms with Crippen molar-refractivity contribution in [1.82, 2.24) is 0 Å².